The highest BCUT2D eigenvalue weighted by Gasteiger charge is 2.16. The fourth-order valence-electron chi connectivity index (χ4n) is 1.51. The third-order valence-corrected chi connectivity index (χ3v) is 3.55. The quantitative estimate of drug-likeness (QED) is 0.780. The summed E-state index contributed by atoms with van der Waals surface area (Å²) in [6, 6.07) is 5.65. The molecule has 1 rings (SSSR count). The molecule has 1 amide bonds. The van der Waals surface area contributed by atoms with Crippen LogP contribution in [0.1, 0.15) is 22.8 Å². The molecule has 0 aliphatic rings. The second-order valence-corrected chi connectivity index (χ2v) is 4.72. The normalized spacial score (nSPS) is 10.2. The molecule has 0 aliphatic carbocycles. The van der Waals surface area contributed by atoms with Gasteiger partial charge in [0.1, 0.15) is 0 Å². The number of hydrogen-bond donors (Lipinski definition) is 0. The number of amides is 1. The molecule has 0 saturated carbocycles. The van der Waals surface area contributed by atoms with E-state index in [1.807, 2.05) is 32.0 Å². The lowest BCUT2D eigenvalue weighted by Crippen LogP contribution is -2.33. The molecule has 16 heavy (non-hydrogen) atoms. The van der Waals surface area contributed by atoms with Gasteiger partial charge in [-0.2, -0.15) is 0 Å². The van der Waals surface area contributed by atoms with Crippen LogP contribution >= 0.6 is 27.5 Å². The Bertz CT molecular complexity index is 381. The van der Waals surface area contributed by atoms with Crippen LogP contribution in [0.3, 0.4) is 0 Å². The molecule has 0 bridgehead atoms. The average molecular weight is 305 g/mol. The minimum atomic E-state index is 0.0435. The predicted octanol–water partition coefficient (Wildman–Crippen LogP) is 3.46. The van der Waals surface area contributed by atoms with E-state index in [0.29, 0.717) is 19.0 Å². The third-order valence-electron chi connectivity index (χ3n) is 2.52. The van der Waals surface area contributed by atoms with E-state index in [-0.39, 0.29) is 5.91 Å². The van der Waals surface area contributed by atoms with E-state index < -0.39 is 0 Å². The minimum Gasteiger partial charge on any atom is -0.338 e. The zero-order chi connectivity index (χ0) is 12.1. The fourth-order valence-corrected chi connectivity index (χ4v) is 2.09. The summed E-state index contributed by atoms with van der Waals surface area (Å²) < 4.78 is 0.959. The second kappa shape index (κ2) is 6.26. The van der Waals surface area contributed by atoms with Crippen LogP contribution in [-0.4, -0.2) is 29.8 Å². The van der Waals surface area contributed by atoms with Gasteiger partial charge in [0.25, 0.3) is 5.91 Å². The molecule has 0 aromatic heterocycles. The Morgan fingerprint density at radius 2 is 2.19 bits per heavy atom. The Kier molecular flexibility index (Phi) is 5.29. The number of benzene rings is 1. The predicted molar refractivity (Wildman–Crippen MR) is 71.2 cm³/mol. The number of carbonyl (C=O) groups excluding carboxylic acids is 1. The van der Waals surface area contributed by atoms with Crippen molar-refractivity contribution in [2.24, 2.45) is 0 Å². The Hall–Kier alpha value is -0.540. The smallest absolute Gasteiger partial charge is 0.254 e. The van der Waals surface area contributed by atoms with Gasteiger partial charge in [-0.05, 0) is 31.5 Å². The molecule has 0 N–H and O–H groups in total. The average Bonchev–Trinajstić information content (AvgIpc) is 2.29. The summed E-state index contributed by atoms with van der Waals surface area (Å²) >= 11 is 9.10. The Labute approximate surface area is 110 Å². The van der Waals surface area contributed by atoms with Crippen molar-refractivity contribution in [3.05, 3.63) is 33.8 Å². The van der Waals surface area contributed by atoms with Crippen LogP contribution < -0.4 is 0 Å². The minimum absolute atomic E-state index is 0.0435. The van der Waals surface area contributed by atoms with Gasteiger partial charge in [-0.25, -0.2) is 0 Å². The summed E-state index contributed by atoms with van der Waals surface area (Å²) in [6.45, 7) is 5.16. The summed E-state index contributed by atoms with van der Waals surface area (Å²) in [5, 5.41) is 0. The third kappa shape index (κ3) is 2.98. The molecule has 4 heteroatoms. The standard InChI is InChI=1S/C12H15BrClNO/c1-3-15(8-7-14)12(16)10-5-4-6-11(13)9(10)2/h4-6H,3,7-8H2,1-2H3. The summed E-state index contributed by atoms with van der Waals surface area (Å²) in [5.41, 5.74) is 1.71. The van der Waals surface area contributed by atoms with Gasteiger partial charge in [0.15, 0.2) is 0 Å². The highest BCUT2D eigenvalue weighted by molar-refractivity contribution is 9.10. The van der Waals surface area contributed by atoms with Crippen LogP contribution in [0.15, 0.2) is 22.7 Å². The van der Waals surface area contributed by atoms with Gasteiger partial charge >= 0.3 is 0 Å². The monoisotopic (exact) mass is 303 g/mol. The maximum absolute atomic E-state index is 12.2. The molecular weight excluding hydrogens is 289 g/mol. The number of hydrogen-bond acceptors (Lipinski definition) is 1. The van der Waals surface area contributed by atoms with Crippen molar-refractivity contribution in [1.82, 2.24) is 4.90 Å². The molecule has 1 aromatic rings. The molecule has 2 nitrogen and oxygen atoms in total. The van der Waals surface area contributed by atoms with Crippen LogP contribution in [0.2, 0.25) is 0 Å². The largest absolute Gasteiger partial charge is 0.338 e. The highest BCUT2D eigenvalue weighted by Crippen LogP contribution is 2.20. The molecular formula is C12H15BrClNO. The van der Waals surface area contributed by atoms with Crippen LogP contribution in [0.5, 0.6) is 0 Å². The number of rotatable bonds is 4. The molecule has 1 aromatic carbocycles. The maximum Gasteiger partial charge on any atom is 0.254 e. The number of halogens is 2. The molecule has 0 fully saturated rings. The van der Waals surface area contributed by atoms with Crippen LogP contribution in [0, 0.1) is 6.92 Å². The molecule has 88 valence electrons. The Morgan fingerprint density at radius 3 is 2.75 bits per heavy atom. The Balaban J connectivity index is 2.99. The van der Waals surface area contributed by atoms with E-state index in [9.17, 15) is 4.79 Å². The van der Waals surface area contributed by atoms with Gasteiger partial charge < -0.3 is 4.90 Å². The molecule has 0 atom stereocenters. The van der Waals surface area contributed by atoms with Crippen LogP contribution in [0.25, 0.3) is 0 Å². The van der Waals surface area contributed by atoms with E-state index >= 15 is 0 Å². The summed E-state index contributed by atoms with van der Waals surface area (Å²) in [6.07, 6.45) is 0. The first-order valence-electron chi connectivity index (χ1n) is 5.22. The van der Waals surface area contributed by atoms with Crippen molar-refractivity contribution >= 4 is 33.4 Å². The van der Waals surface area contributed by atoms with E-state index in [1.54, 1.807) is 4.90 Å². The van der Waals surface area contributed by atoms with E-state index in [1.165, 1.54) is 0 Å². The van der Waals surface area contributed by atoms with Gasteiger partial charge in [0.05, 0.1) is 0 Å². The first-order chi connectivity index (χ1) is 7.61. The van der Waals surface area contributed by atoms with Crippen molar-refractivity contribution in [2.75, 3.05) is 19.0 Å². The van der Waals surface area contributed by atoms with Gasteiger partial charge in [-0.3, -0.25) is 4.79 Å². The van der Waals surface area contributed by atoms with E-state index in [4.69, 9.17) is 11.6 Å². The van der Waals surface area contributed by atoms with Gasteiger partial charge in [-0.15, -0.1) is 11.6 Å². The molecule has 0 saturated heterocycles. The van der Waals surface area contributed by atoms with Gasteiger partial charge in [0, 0.05) is 29.0 Å². The first-order valence-corrected chi connectivity index (χ1v) is 6.55. The zero-order valence-electron chi connectivity index (χ0n) is 9.46. The van der Waals surface area contributed by atoms with Crippen molar-refractivity contribution in [2.45, 2.75) is 13.8 Å². The van der Waals surface area contributed by atoms with Crippen molar-refractivity contribution < 1.29 is 4.79 Å². The first kappa shape index (κ1) is 13.5. The van der Waals surface area contributed by atoms with Gasteiger partial charge in [-0.1, -0.05) is 22.0 Å². The second-order valence-electron chi connectivity index (χ2n) is 3.49. The number of nitrogens with zero attached hydrogens (tertiary/aromatic N) is 1. The van der Waals surface area contributed by atoms with Crippen molar-refractivity contribution in [3.63, 3.8) is 0 Å². The molecule has 0 aliphatic heterocycles. The summed E-state index contributed by atoms with van der Waals surface area (Å²) in [5.74, 6) is 0.508. The lowest BCUT2D eigenvalue weighted by Gasteiger charge is -2.20. The zero-order valence-corrected chi connectivity index (χ0v) is 11.8. The van der Waals surface area contributed by atoms with Crippen LogP contribution in [0.4, 0.5) is 0 Å². The molecule has 0 spiro atoms. The highest BCUT2D eigenvalue weighted by atomic mass is 79.9. The van der Waals surface area contributed by atoms with E-state index in [2.05, 4.69) is 15.9 Å². The fraction of sp³-hybridized carbons (Fsp3) is 0.417. The topological polar surface area (TPSA) is 20.3 Å². The maximum atomic E-state index is 12.2. The van der Waals surface area contributed by atoms with Crippen molar-refractivity contribution in [3.8, 4) is 0 Å². The lowest BCUT2D eigenvalue weighted by atomic mass is 10.1. The SMILES string of the molecule is CCN(CCCl)C(=O)c1cccc(Br)c1C. The summed E-state index contributed by atoms with van der Waals surface area (Å²) in [4.78, 5) is 13.9. The summed E-state index contributed by atoms with van der Waals surface area (Å²) in [7, 11) is 0. The van der Waals surface area contributed by atoms with Crippen LogP contribution in [-0.2, 0) is 0 Å². The molecule has 0 unspecified atom stereocenters. The molecule has 0 heterocycles. The Morgan fingerprint density at radius 1 is 1.50 bits per heavy atom. The lowest BCUT2D eigenvalue weighted by molar-refractivity contribution is 0.0773. The van der Waals surface area contributed by atoms with Crippen molar-refractivity contribution in [1.29, 1.82) is 0 Å². The number of carbonyl (C=O) groups is 1. The van der Waals surface area contributed by atoms with Gasteiger partial charge in [0.2, 0.25) is 0 Å². The number of alkyl halides is 1. The molecule has 0 radical (unpaired) electrons. The van der Waals surface area contributed by atoms with E-state index in [0.717, 1.165) is 15.6 Å².